The van der Waals surface area contributed by atoms with Gasteiger partial charge in [-0.3, -0.25) is 9.63 Å². The van der Waals surface area contributed by atoms with Crippen LogP contribution in [0.4, 0.5) is 0 Å². The van der Waals surface area contributed by atoms with Crippen molar-refractivity contribution in [2.75, 3.05) is 0 Å². The molecule has 0 aromatic heterocycles. The van der Waals surface area contributed by atoms with Crippen LogP contribution in [0.5, 0.6) is 0 Å². The van der Waals surface area contributed by atoms with Gasteiger partial charge in [0.1, 0.15) is 6.61 Å². The van der Waals surface area contributed by atoms with E-state index in [0.29, 0.717) is 10.6 Å². The number of benzene rings is 2. The fourth-order valence-corrected chi connectivity index (χ4v) is 2.95. The predicted octanol–water partition coefficient (Wildman–Crippen LogP) is 2.51. The van der Waals surface area contributed by atoms with E-state index >= 15 is 0 Å². The molecule has 2 rings (SSSR count). The molecule has 0 heterocycles. The molecule has 0 unspecified atom stereocenters. The molecule has 6 nitrogen and oxygen atoms in total. The minimum absolute atomic E-state index is 0.0942. The Morgan fingerprint density at radius 2 is 1.74 bits per heavy atom. The number of carbonyl (C=O) groups excluding carboxylic acids is 1. The molecule has 0 atom stereocenters. The van der Waals surface area contributed by atoms with Crippen molar-refractivity contribution in [1.29, 1.82) is 5.26 Å². The van der Waals surface area contributed by atoms with Crippen molar-refractivity contribution in [2.45, 2.75) is 11.5 Å². The number of nitrogens with zero attached hydrogens (tertiary/aromatic N) is 2. The number of rotatable bonds is 5. The molecule has 23 heavy (non-hydrogen) atoms. The second kappa shape index (κ2) is 7.24. The van der Waals surface area contributed by atoms with Gasteiger partial charge in [-0.25, -0.2) is 0 Å². The molecule has 0 N–H and O–H groups in total. The molecule has 8 heteroatoms. The first-order valence-electron chi connectivity index (χ1n) is 6.37. The molecule has 0 aliphatic heterocycles. The molecule has 0 bridgehead atoms. The number of nitriles is 1. The van der Waals surface area contributed by atoms with E-state index in [9.17, 15) is 13.2 Å². The minimum atomic E-state index is -4.28. The monoisotopic (exact) mass is 350 g/mol. The molecular weight excluding hydrogens is 340 g/mol. The number of halogens is 1. The SMILES string of the molecule is N#CC(=O)N(OCc1ccc(Cl)cc1)S(=O)(=O)c1ccccc1. The van der Waals surface area contributed by atoms with Crippen molar-refractivity contribution < 1.29 is 18.0 Å². The van der Waals surface area contributed by atoms with Gasteiger partial charge in [0, 0.05) is 5.02 Å². The van der Waals surface area contributed by atoms with Crippen LogP contribution in [0.15, 0.2) is 59.5 Å². The van der Waals surface area contributed by atoms with Crippen LogP contribution >= 0.6 is 11.6 Å². The first-order valence-corrected chi connectivity index (χ1v) is 8.19. The Balaban J connectivity index is 2.26. The van der Waals surface area contributed by atoms with Gasteiger partial charge in [0.25, 0.3) is 10.0 Å². The highest BCUT2D eigenvalue weighted by molar-refractivity contribution is 7.89. The van der Waals surface area contributed by atoms with E-state index in [-0.39, 0.29) is 16.0 Å². The summed E-state index contributed by atoms with van der Waals surface area (Å²) in [7, 11) is -4.28. The Morgan fingerprint density at radius 3 is 2.30 bits per heavy atom. The molecule has 0 spiro atoms. The fraction of sp³-hybridized carbons (Fsp3) is 0.0667. The number of hydrogen-bond acceptors (Lipinski definition) is 5. The second-order valence-corrected chi connectivity index (χ2v) is 6.55. The van der Waals surface area contributed by atoms with E-state index in [1.807, 2.05) is 0 Å². The Kier molecular flexibility index (Phi) is 5.34. The van der Waals surface area contributed by atoms with E-state index in [1.54, 1.807) is 30.3 Å². The summed E-state index contributed by atoms with van der Waals surface area (Å²) in [5.74, 6) is -1.33. The fourth-order valence-electron chi connectivity index (χ4n) is 1.68. The third-order valence-corrected chi connectivity index (χ3v) is 4.61. The van der Waals surface area contributed by atoms with Gasteiger partial charge in [0.2, 0.25) is 0 Å². The summed E-state index contributed by atoms with van der Waals surface area (Å²) in [6.07, 6.45) is 0. The summed E-state index contributed by atoms with van der Waals surface area (Å²) in [6.45, 7) is -0.212. The Hall–Kier alpha value is -2.40. The zero-order valence-electron chi connectivity index (χ0n) is 11.7. The smallest absolute Gasteiger partial charge is 0.253 e. The summed E-state index contributed by atoms with van der Waals surface area (Å²) >= 11 is 5.76. The van der Waals surface area contributed by atoms with Crippen molar-refractivity contribution in [3.63, 3.8) is 0 Å². The molecule has 0 aliphatic carbocycles. The Morgan fingerprint density at radius 1 is 1.13 bits per heavy atom. The molecular formula is C15H11ClN2O4S. The first-order chi connectivity index (χ1) is 10.9. The van der Waals surface area contributed by atoms with Gasteiger partial charge >= 0.3 is 5.91 Å². The maximum absolute atomic E-state index is 12.4. The van der Waals surface area contributed by atoms with Gasteiger partial charge in [-0.05, 0) is 29.8 Å². The summed E-state index contributed by atoms with van der Waals surface area (Å²) in [4.78, 5) is 16.6. The van der Waals surface area contributed by atoms with E-state index in [2.05, 4.69) is 0 Å². The number of sulfonamides is 1. The molecule has 2 aromatic rings. The predicted molar refractivity (Wildman–Crippen MR) is 82.3 cm³/mol. The van der Waals surface area contributed by atoms with Crippen LogP contribution < -0.4 is 0 Å². The van der Waals surface area contributed by atoms with Crippen LogP contribution in [0.2, 0.25) is 5.02 Å². The highest BCUT2D eigenvalue weighted by Gasteiger charge is 2.30. The topological polar surface area (TPSA) is 87.5 Å². The Bertz CT molecular complexity index is 830. The van der Waals surface area contributed by atoms with Gasteiger partial charge in [-0.2, -0.15) is 13.7 Å². The number of amides is 1. The largest absolute Gasteiger partial charge is 0.363 e. The van der Waals surface area contributed by atoms with Crippen LogP contribution in [0.1, 0.15) is 5.56 Å². The third kappa shape index (κ3) is 4.07. The van der Waals surface area contributed by atoms with Gasteiger partial charge in [0.05, 0.1) is 4.90 Å². The quantitative estimate of drug-likeness (QED) is 0.610. The van der Waals surface area contributed by atoms with Crippen molar-refractivity contribution in [2.24, 2.45) is 0 Å². The normalized spacial score (nSPS) is 10.8. The highest BCUT2D eigenvalue weighted by atomic mass is 35.5. The molecule has 0 radical (unpaired) electrons. The van der Waals surface area contributed by atoms with E-state index < -0.39 is 15.9 Å². The lowest BCUT2D eigenvalue weighted by molar-refractivity contribution is -0.154. The molecule has 1 amide bonds. The minimum Gasteiger partial charge on any atom is -0.253 e. The van der Waals surface area contributed by atoms with Crippen LogP contribution in [-0.4, -0.2) is 18.8 Å². The Labute approximate surface area is 138 Å². The maximum atomic E-state index is 12.4. The highest BCUT2D eigenvalue weighted by Crippen LogP contribution is 2.18. The van der Waals surface area contributed by atoms with Gasteiger partial charge in [-0.1, -0.05) is 46.4 Å². The summed E-state index contributed by atoms with van der Waals surface area (Å²) in [5.41, 5.74) is 0.591. The number of hydrogen-bond donors (Lipinski definition) is 0. The average Bonchev–Trinajstić information content (AvgIpc) is 2.57. The van der Waals surface area contributed by atoms with Gasteiger partial charge in [0.15, 0.2) is 6.07 Å². The average molecular weight is 351 g/mol. The molecule has 0 saturated heterocycles. The van der Waals surface area contributed by atoms with Gasteiger partial charge in [-0.15, -0.1) is 0 Å². The number of hydroxylamine groups is 1. The summed E-state index contributed by atoms with van der Waals surface area (Å²) < 4.78 is 24.9. The van der Waals surface area contributed by atoms with Crippen LogP contribution in [-0.2, 0) is 26.3 Å². The van der Waals surface area contributed by atoms with Crippen LogP contribution in [0, 0.1) is 11.3 Å². The van der Waals surface area contributed by atoms with E-state index in [4.69, 9.17) is 21.7 Å². The van der Waals surface area contributed by atoms with Crippen molar-refractivity contribution in [3.8, 4) is 6.07 Å². The molecule has 118 valence electrons. The van der Waals surface area contributed by atoms with Crippen LogP contribution in [0.3, 0.4) is 0 Å². The van der Waals surface area contributed by atoms with Crippen LogP contribution in [0.25, 0.3) is 0 Å². The molecule has 0 fully saturated rings. The number of carbonyl (C=O) groups is 1. The third-order valence-electron chi connectivity index (χ3n) is 2.78. The van der Waals surface area contributed by atoms with E-state index in [1.165, 1.54) is 30.3 Å². The molecule has 0 saturated carbocycles. The zero-order valence-corrected chi connectivity index (χ0v) is 13.3. The summed E-state index contributed by atoms with van der Waals surface area (Å²) in [5, 5.41) is 9.26. The van der Waals surface area contributed by atoms with Gasteiger partial charge < -0.3 is 0 Å². The lowest BCUT2D eigenvalue weighted by Crippen LogP contribution is -2.36. The maximum Gasteiger partial charge on any atom is 0.363 e. The standard InChI is InChI=1S/C15H11ClN2O4S/c16-13-8-6-12(7-9-13)11-22-18(15(19)10-17)23(20,21)14-4-2-1-3-5-14/h1-9H,11H2. The first kappa shape index (κ1) is 17.0. The summed E-state index contributed by atoms with van der Waals surface area (Å²) in [6, 6.07) is 14.9. The molecule has 0 aliphatic rings. The van der Waals surface area contributed by atoms with Crippen molar-refractivity contribution in [1.82, 2.24) is 4.47 Å². The zero-order chi connectivity index (χ0) is 16.9. The van der Waals surface area contributed by atoms with Crippen molar-refractivity contribution in [3.05, 3.63) is 65.2 Å². The lowest BCUT2D eigenvalue weighted by atomic mass is 10.2. The second-order valence-electron chi connectivity index (χ2n) is 4.36. The lowest BCUT2D eigenvalue weighted by Gasteiger charge is -2.18. The van der Waals surface area contributed by atoms with Crippen molar-refractivity contribution >= 4 is 27.5 Å². The molecule has 2 aromatic carbocycles. The van der Waals surface area contributed by atoms with E-state index in [0.717, 1.165) is 0 Å².